The maximum atomic E-state index is 9.31. The molecule has 2 fully saturated rings. The first kappa shape index (κ1) is 17.9. The molecule has 0 bridgehead atoms. The smallest absolute Gasteiger partial charge is 0.224 e. The summed E-state index contributed by atoms with van der Waals surface area (Å²) >= 11 is 0. The number of aromatic nitrogens is 2. The lowest BCUT2D eigenvalue weighted by Gasteiger charge is -2.29. The Morgan fingerprint density at radius 2 is 1.88 bits per heavy atom. The molecule has 2 N–H and O–H groups in total. The molecule has 1 saturated carbocycles. The van der Waals surface area contributed by atoms with E-state index >= 15 is 0 Å². The molecular formula is C18H27N5O2. The molecule has 1 aromatic rings. The van der Waals surface area contributed by atoms with Crippen LogP contribution in [0.3, 0.4) is 0 Å². The Bertz CT molecular complexity index is 590. The Hall–Kier alpha value is -1.91. The average molecular weight is 345 g/mol. The quantitative estimate of drug-likeness (QED) is 0.819. The minimum atomic E-state index is 0.297. The number of hydrogen-bond acceptors (Lipinski definition) is 7. The molecule has 1 aliphatic carbocycles. The largest absolute Gasteiger partial charge is 0.381 e. The number of nitrogens with one attached hydrogen (secondary N) is 2. The maximum Gasteiger partial charge on any atom is 0.224 e. The zero-order valence-corrected chi connectivity index (χ0v) is 14.8. The van der Waals surface area contributed by atoms with Crippen molar-refractivity contribution in [3.05, 3.63) is 11.8 Å². The van der Waals surface area contributed by atoms with Crippen molar-refractivity contribution >= 4 is 11.8 Å². The van der Waals surface area contributed by atoms with Crippen LogP contribution in [-0.4, -0.2) is 48.0 Å². The second kappa shape index (κ2) is 8.97. The molecule has 0 atom stereocenters. The Kier molecular flexibility index (Phi) is 6.42. The van der Waals surface area contributed by atoms with Gasteiger partial charge in [-0.05, 0) is 45.4 Å². The normalized spacial score (nSPS) is 24.5. The lowest BCUT2D eigenvalue weighted by atomic mass is 9.93. The van der Waals surface area contributed by atoms with Gasteiger partial charge in [-0.15, -0.1) is 0 Å². The van der Waals surface area contributed by atoms with E-state index in [-0.39, 0.29) is 0 Å². The molecule has 0 radical (unpaired) electrons. The van der Waals surface area contributed by atoms with E-state index in [4.69, 9.17) is 9.47 Å². The second-order valence-corrected chi connectivity index (χ2v) is 6.67. The van der Waals surface area contributed by atoms with Crippen LogP contribution in [0.15, 0.2) is 6.20 Å². The predicted molar refractivity (Wildman–Crippen MR) is 95.5 cm³/mol. The molecule has 0 amide bonds. The van der Waals surface area contributed by atoms with Crippen molar-refractivity contribution in [3.8, 4) is 6.07 Å². The molecular weight excluding hydrogens is 318 g/mol. The minimum absolute atomic E-state index is 0.297. The van der Waals surface area contributed by atoms with Gasteiger partial charge in [0.15, 0.2) is 0 Å². The van der Waals surface area contributed by atoms with Crippen LogP contribution in [0.2, 0.25) is 0 Å². The van der Waals surface area contributed by atoms with Crippen LogP contribution in [-0.2, 0) is 9.47 Å². The highest BCUT2D eigenvalue weighted by atomic mass is 16.5. The van der Waals surface area contributed by atoms with E-state index < -0.39 is 0 Å². The Labute approximate surface area is 149 Å². The van der Waals surface area contributed by atoms with Crippen LogP contribution in [0, 0.1) is 11.3 Å². The molecule has 0 unspecified atom stereocenters. The van der Waals surface area contributed by atoms with E-state index in [0.717, 1.165) is 58.3 Å². The molecule has 7 heteroatoms. The van der Waals surface area contributed by atoms with Gasteiger partial charge >= 0.3 is 0 Å². The van der Waals surface area contributed by atoms with Crippen molar-refractivity contribution in [2.45, 2.75) is 63.6 Å². The third-order valence-corrected chi connectivity index (χ3v) is 4.88. The van der Waals surface area contributed by atoms with E-state index in [1.165, 1.54) is 0 Å². The summed E-state index contributed by atoms with van der Waals surface area (Å²) in [6.07, 6.45) is 8.08. The minimum Gasteiger partial charge on any atom is -0.381 e. The van der Waals surface area contributed by atoms with E-state index in [2.05, 4.69) is 26.7 Å². The zero-order valence-electron chi connectivity index (χ0n) is 14.8. The van der Waals surface area contributed by atoms with Gasteiger partial charge in [-0.3, -0.25) is 0 Å². The number of hydrogen-bond donors (Lipinski definition) is 2. The molecule has 7 nitrogen and oxygen atoms in total. The molecule has 0 aromatic carbocycles. The van der Waals surface area contributed by atoms with Crippen molar-refractivity contribution in [2.24, 2.45) is 0 Å². The molecule has 1 saturated heterocycles. The first-order valence-electron chi connectivity index (χ1n) is 9.28. The van der Waals surface area contributed by atoms with E-state index in [1.54, 1.807) is 6.20 Å². The number of rotatable bonds is 6. The van der Waals surface area contributed by atoms with Gasteiger partial charge in [0.05, 0.1) is 12.3 Å². The molecule has 2 aliphatic rings. The van der Waals surface area contributed by atoms with Crippen LogP contribution in [0.4, 0.5) is 11.8 Å². The monoisotopic (exact) mass is 345 g/mol. The van der Waals surface area contributed by atoms with Gasteiger partial charge in [0.25, 0.3) is 0 Å². The molecule has 0 spiro atoms. The average Bonchev–Trinajstić information content (AvgIpc) is 2.65. The summed E-state index contributed by atoms with van der Waals surface area (Å²) < 4.78 is 11.1. The van der Waals surface area contributed by atoms with E-state index in [9.17, 15) is 5.26 Å². The number of nitriles is 1. The first-order valence-corrected chi connectivity index (χ1v) is 9.28. The summed E-state index contributed by atoms with van der Waals surface area (Å²) in [5.41, 5.74) is 0.483. The van der Waals surface area contributed by atoms with Crippen LogP contribution < -0.4 is 10.6 Å². The summed E-state index contributed by atoms with van der Waals surface area (Å²) in [5.74, 6) is 1.21. The van der Waals surface area contributed by atoms with Crippen LogP contribution in [0.25, 0.3) is 0 Å². The SMILES string of the molecule is CCOC1CCC(Nc2ncc(C#N)c(NC3CCOCC3)n2)CC1. The third-order valence-electron chi connectivity index (χ3n) is 4.88. The van der Waals surface area contributed by atoms with E-state index in [1.807, 2.05) is 6.92 Å². The van der Waals surface area contributed by atoms with Crippen LogP contribution >= 0.6 is 0 Å². The lowest BCUT2D eigenvalue weighted by Crippen LogP contribution is -2.31. The summed E-state index contributed by atoms with van der Waals surface area (Å²) in [6, 6.07) is 2.83. The van der Waals surface area contributed by atoms with E-state index in [0.29, 0.717) is 35.5 Å². The number of ether oxygens (including phenoxy) is 2. The highest BCUT2D eigenvalue weighted by molar-refractivity contribution is 5.54. The van der Waals surface area contributed by atoms with Crippen LogP contribution in [0.5, 0.6) is 0 Å². The van der Waals surface area contributed by atoms with Gasteiger partial charge in [-0.1, -0.05) is 0 Å². The van der Waals surface area contributed by atoms with Crippen molar-refractivity contribution < 1.29 is 9.47 Å². The van der Waals surface area contributed by atoms with Crippen molar-refractivity contribution in [1.29, 1.82) is 5.26 Å². The molecule has 3 rings (SSSR count). The predicted octanol–water partition coefficient (Wildman–Crippen LogP) is 2.70. The first-order chi connectivity index (χ1) is 12.3. The van der Waals surface area contributed by atoms with Gasteiger partial charge in [-0.2, -0.15) is 10.2 Å². The Morgan fingerprint density at radius 1 is 1.16 bits per heavy atom. The van der Waals surface area contributed by atoms with Gasteiger partial charge in [0, 0.05) is 31.9 Å². The molecule has 1 aromatic heterocycles. The molecule has 1 aliphatic heterocycles. The lowest BCUT2D eigenvalue weighted by molar-refractivity contribution is 0.0346. The Morgan fingerprint density at radius 3 is 2.56 bits per heavy atom. The molecule has 136 valence electrons. The molecule has 25 heavy (non-hydrogen) atoms. The Balaban J connectivity index is 1.60. The van der Waals surface area contributed by atoms with Crippen molar-refractivity contribution in [2.75, 3.05) is 30.5 Å². The fourth-order valence-corrected chi connectivity index (χ4v) is 3.47. The fourth-order valence-electron chi connectivity index (χ4n) is 3.47. The van der Waals surface area contributed by atoms with Gasteiger partial charge in [-0.25, -0.2) is 4.98 Å². The van der Waals surface area contributed by atoms with Crippen molar-refractivity contribution in [3.63, 3.8) is 0 Å². The number of anilines is 2. The zero-order chi connectivity index (χ0) is 17.5. The summed E-state index contributed by atoms with van der Waals surface area (Å²) in [6.45, 7) is 4.32. The van der Waals surface area contributed by atoms with Gasteiger partial charge < -0.3 is 20.1 Å². The molecule has 2 heterocycles. The standard InChI is InChI=1S/C18H27N5O2/c1-2-25-16-5-3-14(4-6-16)22-18-20-12-13(11-19)17(23-18)21-15-7-9-24-10-8-15/h12,14-16H,2-10H2,1H3,(H2,20,21,22,23). The van der Waals surface area contributed by atoms with Crippen LogP contribution in [0.1, 0.15) is 51.0 Å². The van der Waals surface area contributed by atoms with Gasteiger partial charge in [0.2, 0.25) is 5.95 Å². The van der Waals surface area contributed by atoms with Gasteiger partial charge in [0.1, 0.15) is 17.5 Å². The highest BCUT2D eigenvalue weighted by Crippen LogP contribution is 2.24. The highest BCUT2D eigenvalue weighted by Gasteiger charge is 2.22. The second-order valence-electron chi connectivity index (χ2n) is 6.67. The fraction of sp³-hybridized carbons (Fsp3) is 0.722. The summed E-state index contributed by atoms with van der Waals surface area (Å²) in [4.78, 5) is 8.87. The van der Waals surface area contributed by atoms with Crippen molar-refractivity contribution in [1.82, 2.24) is 9.97 Å². The maximum absolute atomic E-state index is 9.31. The third kappa shape index (κ3) is 5.03. The summed E-state index contributed by atoms with van der Waals surface area (Å²) in [7, 11) is 0. The number of nitrogens with zero attached hydrogens (tertiary/aromatic N) is 3. The topological polar surface area (TPSA) is 92.1 Å². The summed E-state index contributed by atoms with van der Waals surface area (Å²) in [5, 5.41) is 16.1.